The Labute approximate surface area is 119 Å². The summed E-state index contributed by atoms with van der Waals surface area (Å²) in [4.78, 5) is 8.88. The van der Waals surface area contributed by atoms with E-state index in [1.807, 2.05) is 18.2 Å². The Morgan fingerprint density at radius 2 is 1.75 bits per heavy atom. The summed E-state index contributed by atoms with van der Waals surface area (Å²) in [6.45, 7) is 4.47. The van der Waals surface area contributed by atoms with Crippen LogP contribution >= 0.6 is 0 Å². The number of fused-ring (bicyclic) bond motifs is 1. The molecule has 0 saturated carbocycles. The SMILES string of the molecule is CC(C)Cc1ccc2c(-c3ccccc3)ncnc2c1. The number of rotatable bonds is 3. The lowest BCUT2D eigenvalue weighted by Crippen LogP contribution is -1.95. The quantitative estimate of drug-likeness (QED) is 0.694. The van der Waals surface area contributed by atoms with Crippen LogP contribution in [0.3, 0.4) is 0 Å². The van der Waals surface area contributed by atoms with Gasteiger partial charge in [0.25, 0.3) is 0 Å². The summed E-state index contributed by atoms with van der Waals surface area (Å²) in [6.07, 6.45) is 2.74. The van der Waals surface area contributed by atoms with E-state index in [1.165, 1.54) is 5.56 Å². The van der Waals surface area contributed by atoms with E-state index in [2.05, 4.69) is 54.1 Å². The molecule has 3 aromatic rings. The minimum atomic E-state index is 0.655. The Bertz CT molecular complexity index is 718. The molecule has 0 atom stereocenters. The maximum Gasteiger partial charge on any atom is 0.116 e. The maximum absolute atomic E-state index is 4.46. The lowest BCUT2D eigenvalue weighted by Gasteiger charge is -2.08. The van der Waals surface area contributed by atoms with E-state index in [9.17, 15) is 0 Å². The fraction of sp³-hybridized carbons (Fsp3) is 0.222. The van der Waals surface area contributed by atoms with Gasteiger partial charge in [-0.1, -0.05) is 56.3 Å². The van der Waals surface area contributed by atoms with Crippen LogP contribution in [0.1, 0.15) is 19.4 Å². The third kappa shape index (κ3) is 2.55. The van der Waals surface area contributed by atoms with Crippen molar-refractivity contribution in [2.45, 2.75) is 20.3 Å². The molecule has 0 aliphatic carbocycles. The minimum Gasteiger partial charge on any atom is -0.236 e. The Morgan fingerprint density at radius 1 is 0.950 bits per heavy atom. The van der Waals surface area contributed by atoms with Crippen LogP contribution in [0.2, 0.25) is 0 Å². The molecule has 0 bridgehead atoms. The van der Waals surface area contributed by atoms with Gasteiger partial charge in [-0.15, -0.1) is 0 Å². The van der Waals surface area contributed by atoms with Crippen molar-refractivity contribution in [3.05, 3.63) is 60.4 Å². The molecule has 2 heteroatoms. The fourth-order valence-electron chi connectivity index (χ4n) is 2.53. The molecule has 2 aromatic carbocycles. The first-order valence-electron chi connectivity index (χ1n) is 7.03. The van der Waals surface area contributed by atoms with Gasteiger partial charge in [0.1, 0.15) is 6.33 Å². The van der Waals surface area contributed by atoms with Gasteiger partial charge >= 0.3 is 0 Å². The van der Waals surface area contributed by atoms with Crippen molar-refractivity contribution in [3.8, 4) is 11.3 Å². The second-order valence-corrected chi connectivity index (χ2v) is 5.54. The van der Waals surface area contributed by atoms with Gasteiger partial charge in [0.2, 0.25) is 0 Å². The van der Waals surface area contributed by atoms with Crippen LogP contribution in [0.15, 0.2) is 54.9 Å². The minimum absolute atomic E-state index is 0.655. The molecule has 0 spiro atoms. The van der Waals surface area contributed by atoms with E-state index in [0.717, 1.165) is 28.6 Å². The van der Waals surface area contributed by atoms with E-state index in [4.69, 9.17) is 0 Å². The molecular weight excluding hydrogens is 244 g/mol. The summed E-state index contributed by atoms with van der Waals surface area (Å²) in [5.74, 6) is 0.655. The van der Waals surface area contributed by atoms with Gasteiger partial charge in [-0.3, -0.25) is 0 Å². The first-order valence-corrected chi connectivity index (χ1v) is 7.03. The van der Waals surface area contributed by atoms with Gasteiger partial charge in [0.15, 0.2) is 0 Å². The summed E-state index contributed by atoms with van der Waals surface area (Å²) in [7, 11) is 0. The molecular formula is C18H18N2. The lowest BCUT2D eigenvalue weighted by atomic mass is 10.00. The standard InChI is InChI=1S/C18H18N2/c1-13(2)10-14-8-9-16-17(11-14)19-12-20-18(16)15-6-4-3-5-7-15/h3-9,11-13H,10H2,1-2H3. The lowest BCUT2D eigenvalue weighted by molar-refractivity contribution is 0.647. The van der Waals surface area contributed by atoms with Gasteiger partial charge in [-0.25, -0.2) is 9.97 Å². The third-order valence-electron chi connectivity index (χ3n) is 3.39. The molecule has 0 N–H and O–H groups in total. The van der Waals surface area contributed by atoms with Gasteiger partial charge in [-0.2, -0.15) is 0 Å². The topological polar surface area (TPSA) is 25.8 Å². The van der Waals surface area contributed by atoms with Crippen molar-refractivity contribution in [2.75, 3.05) is 0 Å². The highest BCUT2D eigenvalue weighted by molar-refractivity contribution is 5.92. The van der Waals surface area contributed by atoms with Crippen LogP contribution in [-0.4, -0.2) is 9.97 Å². The Kier molecular flexibility index (Phi) is 3.46. The first kappa shape index (κ1) is 12.8. The Hall–Kier alpha value is -2.22. The summed E-state index contributed by atoms with van der Waals surface area (Å²) in [5, 5.41) is 1.12. The highest BCUT2D eigenvalue weighted by atomic mass is 14.8. The predicted molar refractivity (Wildman–Crippen MR) is 83.5 cm³/mol. The van der Waals surface area contributed by atoms with Crippen molar-refractivity contribution in [3.63, 3.8) is 0 Å². The van der Waals surface area contributed by atoms with Crippen LogP contribution in [0.5, 0.6) is 0 Å². The van der Waals surface area contributed by atoms with Crippen LogP contribution in [-0.2, 0) is 6.42 Å². The molecule has 0 fully saturated rings. The molecule has 0 unspecified atom stereocenters. The molecule has 20 heavy (non-hydrogen) atoms. The smallest absolute Gasteiger partial charge is 0.116 e. The summed E-state index contributed by atoms with van der Waals surface area (Å²) >= 11 is 0. The first-order chi connectivity index (χ1) is 9.74. The summed E-state index contributed by atoms with van der Waals surface area (Å²) in [5.41, 5.74) is 4.51. The predicted octanol–water partition coefficient (Wildman–Crippen LogP) is 4.50. The van der Waals surface area contributed by atoms with Gasteiger partial charge < -0.3 is 0 Å². The Morgan fingerprint density at radius 3 is 2.50 bits per heavy atom. The van der Waals surface area contributed by atoms with Crippen LogP contribution in [0, 0.1) is 5.92 Å². The molecule has 3 rings (SSSR count). The fourth-order valence-corrected chi connectivity index (χ4v) is 2.53. The zero-order valence-corrected chi connectivity index (χ0v) is 11.9. The molecule has 1 aromatic heterocycles. The third-order valence-corrected chi connectivity index (χ3v) is 3.39. The van der Waals surface area contributed by atoms with Gasteiger partial charge in [0.05, 0.1) is 11.2 Å². The van der Waals surface area contributed by atoms with E-state index >= 15 is 0 Å². The summed E-state index contributed by atoms with van der Waals surface area (Å²) in [6, 6.07) is 16.8. The van der Waals surface area contributed by atoms with Crippen molar-refractivity contribution in [1.29, 1.82) is 0 Å². The Balaban J connectivity index is 2.12. The highest BCUT2D eigenvalue weighted by Gasteiger charge is 2.07. The van der Waals surface area contributed by atoms with Crippen molar-refractivity contribution in [2.24, 2.45) is 5.92 Å². The molecule has 0 saturated heterocycles. The van der Waals surface area contributed by atoms with Gasteiger partial charge in [0, 0.05) is 10.9 Å². The molecule has 0 radical (unpaired) electrons. The van der Waals surface area contributed by atoms with E-state index in [-0.39, 0.29) is 0 Å². The number of hydrogen-bond donors (Lipinski definition) is 0. The zero-order valence-electron chi connectivity index (χ0n) is 11.9. The van der Waals surface area contributed by atoms with Crippen LogP contribution < -0.4 is 0 Å². The van der Waals surface area contributed by atoms with E-state index in [1.54, 1.807) is 6.33 Å². The number of hydrogen-bond acceptors (Lipinski definition) is 2. The van der Waals surface area contributed by atoms with Gasteiger partial charge in [-0.05, 0) is 24.0 Å². The normalized spacial score (nSPS) is 11.2. The second-order valence-electron chi connectivity index (χ2n) is 5.54. The summed E-state index contributed by atoms with van der Waals surface area (Å²) < 4.78 is 0. The molecule has 0 aliphatic heterocycles. The van der Waals surface area contributed by atoms with Crippen molar-refractivity contribution in [1.82, 2.24) is 9.97 Å². The number of aromatic nitrogens is 2. The molecule has 2 nitrogen and oxygen atoms in total. The number of benzene rings is 2. The largest absolute Gasteiger partial charge is 0.236 e. The average molecular weight is 262 g/mol. The van der Waals surface area contributed by atoms with Crippen molar-refractivity contribution >= 4 is 10.9 Å². The monoisotopic (exact) mass is 262 g/mol. The molecule has 0 aliphatic rings. The molecule has 0 amide bonds. The van der Waals surface area contributed by atoms with Crippen LogP contribution in [0.25, 0.3) is 22.2 Å². The zero-order chi connectivity index (χ0) is 13.9. The van der Waals surface area contributed by atoms with Crippen molar-refractivity contribution < 1.29 is 0 Å². The average Bonchev–Trinajstić information content (AvgIpc) is 2.46. The maximum atomic E-state index is 4.46. The van der Waals surface area contributed by atoms with Crippen LogP contribution in [0.4, 0.5) is 0 Å². The molecule has 1 heterocycles. The second kappa shape index (κ2) is 5.41. The van der Waals surface area contributed by atoms with E-state index < -0.39 is 0 Å². The highest BCUT2D eigenvalue weighted by Crippen LogP contribution is 2.26. The number of nitrogens with zero attached hydrogens (tertiary/aromatic N) is 2. The van der Waals surface area contributed by atoms with E-state index in [0.29, 0.717) is 5.92 Å². The molecule has 100 valence electrons.